The van der Waals surface area contributed by atoms with Crippen LogP contribution >= 0.6 is 0 Å². The average molecular weight is 1400 g/mol. The van der Waals surface area contributed by atoms with Gasteiger partial charge in [-0.3, -0.25) is 25.1 Å². The van der Waals surface area contributed by atoms with E-state index in [1.165, 1.54) is 0 Å². The molecular formula is C34H43Ac3BN2NaO13. The summed E-state index contributed by atoms with van der Waals surface area (Å²) in [6, 6.07) is 15.9. The van der Waals surface area contributed by atoms with Gasteiger partial charge in [0.25, 0.3) is 0 Å². The average Bonchev–Trinajstić information content (AvgIpc) is 3.60. The molecule has 2 heterocycles. The normalized spacial score (nSPS) is 18.9. The molecule has 20 heteroatoms. The molecule has 2 amide bonds. The van der Waals surface area contributed by atoms with E-state index in [-0.39, 0.29) is 200 Å². The number of nitrogens with zero attached hydrogens (tertiary/aromatic N) is 2. The Kier molecular flexibility index (Phi) is 37.4. The van der Waals surface area contributed by atoms with E-state index in [2.05, 4.69) is 21.2 Å². The van der Waals surface area contributed by atoms with Gasteiger partial charge in [-0.25, -0.2) is 19.2 Å². The molecule has 6 N–H and O–H groups in total. The standard InChI is InChI=1S/C17H21NO5.C17H19NO5.3Ac.BHO.Na.H2O2/c2*1-11(2)8-13-14(19)9-18(15(13)16(20)21)17(22)23-10-12-6-4-3-5-7-12;;;;1-2;;1-2/h3-7,13-15,19H,1,8-10H2,2H3,(H,20,21);3-7,13,15H,1,8-10H2,2H3,(H,20,21);;;;2H;;1-2H/q;;;;;-1;+1;/t13-,14-,15-;13-,15-;;;;;;/m00....../s1. The van der Waals surface area contributed by atoms with Gasteiger partial charge in [0.2, 0.25) is 0 Å². The van der Waals surface area contributed by atoms with Crippen molar-refractivity contribution in [3.05, 3.63) is 96.1 Å². The van der Waals surface area contributed by atoms with E-state index in [1.807, 2.05) is 48.5 Å². The number of rotatable bonds is 10. The van der Waals surface area contributed by atoms with Crippen LogP contribution in [-0.4, -0.2) is 110 Å². The molecule has 0 spiro atoms. The fourth-order valence-corrected chi connectivity index (χ4v) is 5.51. The van der Waals surface area contributed by atoms with Crippen molar-refractivity contribution in [1.29, 1.82) is 0 Å². The molecule has 2 aromatic rings. The minimum atomic E-state index is -1.21. The fraction of sp³-hybridized carbons (Fsp3) is 0.382. The Morgan fingerprint density at radius 2 is 1.13 bits per heavy atom. The Morgan fingerprint density at radius 1 is 0.741 bits per heavy atom. The van der Waals surface area contributed by atoms with Gasteiger partial charge < -0.3 is 37.9 Å². The van der Waals surface area contributed by atoms with E-state index in [0.717, 1.165) is 26.5 Å². The van der Waals surface area contributed by atoms with E-state index in [4.69, 9.17) is 25.0 Å². The Hall–Kier alpha value is 0.300. The maximum atomic E-state index is 12.2. The van der Waals surface area contributed by atoms with E-state index < -0.39 is 54.1 Å². The summed E-state index contributed by atoms with van der Waals surface area (Å²) in [6.45, 7) is 10.7. The second kappa shape index (κ2) is 33.2. The largest absolute Gasteiger partial charge is 1.00 e. The minimum absolute atomic E-state index is 0. The molecule has 6 radical (unpaired) electrons. The van der Waals surface area contributed by atoms with Gasteiger partial charge in [-0.1, -0.05) is 71.8 Å². The summed E-state index contributed by atoms with van der Waals surface area (Å²) in [4.78, 5) is 61.6. The number of Topliss-reactive ketones (excluding diaryl/α,β-unsaturated/α-hetero) is 1. The molecule has 2 aliphatic rings. The van der Waals surface area contributed by atoms with Gasteiger partial charge in [0.05, 0.1) is 25.1 Å². The van der Waals surface area contributed by atoms with Crippen LogP contribution in [0.4, 0.5) is 9.59 Å². The molecule has 280 valence electrons. The molecule has 2 aliphatic heterocycles. The number of benzene rings is 2. The van der Waals surface area contributed by atoms with Gasteiger partial charge in [-0.15, -0.1) is 13.2 Å². The minimum Gasteiger partial charge on any atom is -0.715 e. The Bertz CT molecular complexity index is 1460. The van der Waals surface area contributed by atoms with Crippen LogP contribution in [0.25, 0.3) is 0 Å². The number of allylic oxidation sites excluding steroid dienone is 2. The third-order valence-electron chi connectivity index (χ3n) is 7.61. The Morgan fingerprint density at radius 3 is 1.50 bits per heavy atom. The molecule has 4 rings (SSSR count). The van der Waals surface area contributed by atoms with Gasteiger partial charge in [0.15, 0.2) is 5.78 Å². The monoisotopic (exact) mass is 1400 g/mol. The summed E-state index contributed by atoms with van der Waals surface area (Å²) >= 11 is 0. The molecule has 2 fully saturated rings. The van der Waals surface area contributed by atoms with Crippen LogP contribution in [0.3, 0.4) is 0 Å². The SMILES string of the molecule is C=C(C)C[C@@H]1[C@@H](C(=O)O)N(C(=O)OCc2ccccc2)C[C@@H]1O.C=C(C)C[C@H]1C(=O)CN(C(=O)OCc2ccccc2)[C@@H]1C(=O)O.OO.[Ac].[Ac].[Ac].[B-]O.[Na+]. The predicted octanol–water partition coefficient (Wildman–Crippen LogP) is 0.362. The molecule has 0 aromatic heterocycles. The summed E-state index contributed by atoms with van der Waals surface area (Å²) in [7, 11) is 3.50. The molecule has 2 saturated heterocycles. The first kappa shape index (κ1) is 61.0. The number of ether oxygens (including phenoxy) is 2. The Labute approximate surface area is 445 Å². The number of hydrogen-bond donors (Lipinski definition) is 6. The maximum absolute atomic E-state index is 12.2. The van der Waals surface area contributed by atoms with Crippen LogP contribution < -0.4 is 29.6 Å². The number of carbonyl (C=O) groups is 5. The number of carboxylic acids is 2. The van der Waals surface area contributed by atoms with Gasteiger partial charge in [-0.05, 0) is 37.8 Å². The second-order valence-electron chi connectivity index (χ2n) is 11.6. The summed E-state index contributed by atoms with van der Waals surface area (Å²) in [6.07, 6.45) is -1.83. The van der Waals surface area contributed by atoms with E-state index in [1.54, 1.807) is 26.0 Å². The van der Waals surface area contributed by atoms with Crippen LogP contribution in [0, 0.1) is 144 Å². The van der Waals surface area contributed by atoms with Crippen LogP contribution in [-0.2, 0) is 37.1 Å². The van der Waals surface area contributed by atoms with E-state index in [9.17, 15) is 39.3 Å². The smallest absolute Gasteiger partial charge is 0.715 e. The van der Waals surface area contributed by atoms with Gasteiger partial charge in [0.1, 0.15) is 25.3 Å². The van der Waals surface area contributed by atoms with Crippen LogP contribution in [0.15, 0.2) is 85.0 Å². The van der Waals surface area contributed by atoms with Crippen molar-refractivity contribution in [2.75, 3.05) is 13.1 Å². The quantitative estimate of drug-likeness (QED) is 0.0819. The molecule has 15 nitrogen and oxygen atoms in total. The summed E-state index contributed by atoms with van der Waals surface area (Å²) in [5, 5.41) is 47.4. The van der Waals surface area contributed by atoms with Crippen molar-refractivity contribution in [3.8, 4) is 0 Å². The number of amides is 2. The van der Waals surface area contributed by atoms with Crippen LogP contribution in [0.1, 0.15) is 37.8 Å². The number of ketones is 1. The van der Waals surface area contributed by atoms with Crippen molar-refractivity contribution in [2.45, 2.75) is 58.1 Å². The van der Waals surface area contributed by atoms with E-state index >= 15 is 0 Å². The number of aliphatic hydroxyl groups excluding tert-OH is 1. The zero-order chi connectivity index (χ0) is 38.0. The molecule has 0 bridgehead atoms. The fourth-order valence-electron chi connectivity index (χ4n) is 5.51. The maximum Gasteiger partial charge on any atom is 1.00 e. The number of hydrogen-bond acceptors (Lipinski definition) is 11. The first-order valence-corrected chi connectivity index (χ1v) is 15.2. The molecule has 5 atom stereocenters. The van der Waals surface area contributed by atoms with Crippen LogP contribution in [0.5, 0.6) is 0 Å². The molecule has 54 heavy (non-hydrogen) atoms. The zero-order valence-corrected chi connectivity index (χ0v) is 46.8. The molecule has 2 aromatic carbocycles. The number of aliphatic carboxylic acids is 2. The summed E-state index contributed by atoms with van der Waals surface area (Å²) in [5.74, 6) is -3.98. The van der Waals surface area contributed by atoms with Crippen molar-refractivity contribution < 1.29 is 226 Å². The third-order valence-corrected chi connectivity index (χ3v) is 7.61. The molecule has 0 aliphatic carbocycles. The summed E-state index contributed by atoms with van der Waals surface area (Å²) < 4.78 is 10.3. The number of carboxylic acid groups (broad SMARTS) is 2. The van der Waals surface area contributed by atoms with Gasteiger partial charge in [-0.2, -0.15) is 0 Å². The molecular weight excluding hydrogens is 1360 g/mol. The molecule has 0 saturated carbocycles. The van der Waals surface area contributed by atoms with Crippen molar-refractivity contribution in [1.82, 2.24) is 9.80 Å². The number of carbonyl (C=O) groups excluding carboxylic acids is 3. The first-order chi connectivity index (χ1) is 23.8. The van der Waals surface area contributed by atoms with Crippen molar-refractivity contribution in [3.63, 3.8) is 0 Å². The zero-order valence-electron chi connectivity index (χ0n) is 30.6. The summed E-state index contributed by atoms with van der Waals surface area (Å²) in [5.41, 5.74) is 3.07. The van der Waals surface area contributed by atoms with Gasteiger partial charge >= 0.3 is 53.7 Å². The first-order valence-electron chi connectivity index (χ1n) is 15.2. The second-order valence-corrected chi connectivity index (χ2v) is 11.6. The number of β-amino-alcohol motifs (C(OH)–C–C–N with tert-alkyl or cyclic N) is 1. The van der Waals surface area contributed by atoms with Crippen LogP contribution in [0.2, 0.25) is 0 Å². The van der Waals surface area contributed by atoms with Crippen molar-refractivity contribution in [2.24, 2.45) is 11.8 Å². The van der Waals surface area contributed by atoms with Crippen molar-refractivity contribution >= 4 is 38.0 Å². The predicted molar refractivity (Wildman–Crippen MR) is 180 cm³/mol. The Balaban J connectivity index is -0.000000397. The van der Waals surface area contributed by atoms with Gasteiger partial charge in [0, 0.05) is 138 Å². The van der Waals surface area contributed by atoms with E-state index in [0.29, 0.717) is 12.0 Å². The third kappa shape index (κ3) is 20.3. The number of likely N-dealkylation sites (tertiary alicyclic amines) is 2. The molecule has 0 unspecified atom stereocenters. The number of aliphatic hydroxyl groups is 1. The topological polar surface area (TPSA) is 232 Å².